The maximum Gasteiger partial charge on any atom is 0.139 e. The van der Waals surface area contributed by atoms with E-state index in [-0.39, 0.29) is 5.41 Å². The molecule has 50 heavy (non-hydrogen) atoms. The zero-order valence-electron chi connectivity index (χ0n) is 31.2. The van der Waals surface area contributed by atoms with Crippen molar-refractivity contribution in [2.75, 3.05) is 0 Å². The van der Waals surface area contributed by atoms with Crippen molar-refractivity contribution in [2.24, 2.45) is 0 Å². The number of para-hydroxylation sites is 2. The van der Waals surface area contributed by atoms with Gasteiger partial charge >= 0.3 is 0 Å². The summed E-state index contributed by atoms with van der Waals surface area (Å²) in [5.41, 5.74) is 12.9. The first-order valence-corrected chi connectivity index (χ1v) is 20.4. The minimum absolute atomic E-state index is 0.264. The smallest absolute Gasteiger partial charge is 0.139 e. The van der Waals surface area contributed by atoms with E-state index in [9.17, 15) is 0 Å². The molecule has 3 heteroatoms. The minimum Gasteiger partial charge on any atom is -0.455 e. The lowest BCUT2D eigenvalue weighted by molar-refractivity contribution is 0.425. The van der Waals surface area contributed by atoms with Crippen molar-refractivity contribution < 1.29 is 4.74 Å². The molecule has 0 spiro atoms. The van der Waals surface area contributed by atoms with Gasteiger partial charge in [-0.05, 0) is 137 Å². The number of fused-ring (bicyclic) bond motifs is 2. The van der Waals surface area contributed by atoms with Crippen molar-refractivity contribution in [1.29, 1.82) is 0 Å². The standard InChI is InChI=1S/C47H48OP2/c1-29-17-11-18-30(2)43(29)49(44-31(3)19-12-20-32(44)4)39-27-15-25-37-41(39)48-42-38(47(37,9)10)26-16-28-40(42)50(45-33(5)21-13-22-34(45)6)46-35(7)23-14-24-36(46)8/h11-28H,1-10H3. The Labute approximate surface area is 302 Å². The second-order valence-electron chi connectivity index (χ2n) is 14.7. The molecule has 0 N–H and O–H groups in total. The number of ether oxygens (including phenoxy) is 1. The Morgan fingerprint density at radius 2 is 0.600 bits per heavy atom. The fraction of sp³-hybridized carbons (Fsp3) is 0.234. The molecule has 1 aliphatic heterocycles. The Morgan fingerprint density at radius 3 is 0.860 bits per heavy atom. The van der Waals surface area contributed by atoms with Crippen LogP contribution in [0.2, 0.25) is 0 Å². The predicted molar refractivity (Wildman–Crippen MR) is 220 cm³/mol. The highest BCUT2D eigenvalue weighted by molar-refractivity contribution is 7.80. The van der Waals surface area contributed by atoms with Crippen molar-refractivity contribution in [3.63, 3.8) is 0 Å². The molecule has 1 heterocycles. The number of aryl methyl sites for hydroxylation is 8. The van der Waals surface area contributed by atoms with Crippen molar-refractivity contribution in [3.8, 4) is 11.5 Å². The third-order valence-electron chi connectivity index (χ3n) is 10.7. The summed E-state index contributed by atoms with van der Waals surface area (Å²) < 4.78 is 7.57. The van der Waals surface area contributed by atoms with E-state index in [1.165, 1.54) is 87.5 Å². The summed E-state index contributed by atoms with van der Waals surface area (Å²) in [7, 11) is -1.86. The number of benzene rings is 6. The normalized spacial score (nSPS) is 13.3. The van der Waals surface area contributed by atoms with Crippen LogP contribution >= 0.6 is 15.8 Å². The molecule has 252 valence electrons. The first kappa shape index (κ1) is 34.4. The fourth-order valence-corrected chi connectivity index (χ4v) is 14.2. The average molecular weight is 691 g/mol. The highest BCUT2D eigenvalue weighted by Crippen LogP contribution is 2.53. The average Bonchev–Trinajstić information content (AvgIpc) is 3.06. The monoisotopic (exact) mass is 690 g/mol. The first-order chi connectivity index (χ1) is 23.9. The van der Waals surface area contributed by atoms with Crippen LogP contribution in [0.3, 0.4) is 0 Å². The SMILES string of the molecule is Cc1cccc(C)c1P(c1cccc2c1Oc1c(P(c3c(C)cccc3C)c3c(C)cccc3C)cccc1C2(C)C)c1c(C)cccc1C. The maximum absolute atomic E-state index is 7.57. The Bertz CT molecular complexity index is 1930. The zero-order valence-corrected chi connectivity index (χ0v) is 33.0. The Balaban J connectivity index is 1.54. The molecule has 0 amide bonds. The molecule has 1 aliphatic rings. The largest absolute Gasteiger partial charge is 0.455 e. The highest BCUT2D eigenvalue weighted by Gasteiger charge is 2.40. The van der Waals surface area contributed by atoms with Crippen LogP contribution in [0.4, 0.5) is 0 Å². The van der Waals surface area contributed by atoms with Crippen LogP contribution < -0.4 is 36.6 Å². The van der Waals surface area contributed by atoms with Gasteiger partial charge in [-0.3, -0.25) is 0 Å². The quantitative estimate of drug-likeness (QED) is 0.158. The number of hydrogen-bond acceptors (Lipinski definition) is 1. The summed E-state index contributed by atoms with van der Waals surface area (Å²) in [5, 5.41) is 8.32. The van der Waals surface area contributed by atoms with Gasteiger partial charge in [-0.25, -0.2) is 0 Å². The van der Waals surface area contributed by atoms with Gasteiger partial charge in [0, 0.05) is 27.2 Å². The van der Waals surface area contributed by atoms with Crippen LogP contribution in [0, 0.1) is 55.4 Å². The lowest BCUT2D eigenvalue weighted by atomic mass is 9.76. The van der Waals surface area contributed by atoms with Gasteiger partial charge in [0.25, 0.3) is 0 Å². The molecule has 0 saturated carbocycles. The van der Waals surface area contributed by atoms with E-state index in [2.05, 4.69) is 178 Å². The summed E-state index contributed by atoms with van der Waals surface area (Å²) >= 11 is 0. The van der Waals surface area contributed by atoms with E-state index in [0.29, 0.717) is 0 Å². The summed E-state index contributed by atoms with van der Waals surface area (Å²) in [6.45, 7) is 23.0. The second-order valence-corrected chi connectivity index (χ2v) is 18.8. The van der Waals surface area contributed by atoms with Crippen LogP contribution in [0.25, 0.3) is 0 Å². The van der Waals surface area contributed by atoms with Crippen LogP contribution in [-0.2, 0) is 5.41 Å². The van der Waals surface area contributed by atoms with E-state index < -0.39 is 15.8 Å². The molecular formula is C47H48OP2. The molecule has 0 saturated heterocycles. The fourth-order valence-electron chi connectivity index (χ4n) is 8.19. The molecule has 0 bridgehead atoms. The molecule has 0 aromatic heterocycles. The van der Waals surface area contributed by atoms with Gasteiger partial charge in [0.1, 0.15) is 11.5 Å². The van der Waals surface area contributed by atoms with E-state index in [1.807, 2.05) is 0 Å². The summed E-state index contributed by atoms with van der Waals surface area (Å²) in [5.74, 6) is 2.07. The van der Waals surface area contributed by atoms with Gasteiger partial charge < -0.3 is 4.74 Å². The molecule has 6 aromatic carbocycles. The van der Waals surface area contributed by atoms with E-state index in [4.69, 9.17) is 4.74 Å². The summed E-state index contributed by atoms with van der Waals surface area (Å²) in [6, 6.07) is 40.9. The van der Waals surface area contributed by atoms with Gasteiger partial charge in [-0.1, -0.05) is 123 Å². The van der Waals surface area contributed by atoms with Crippen molar-refractivity contribution in [2.45, 2.75) is 74.7 Å². The van der Waals surface area contributed by atoms with Gasteiger partial charge in [0.2, 0.25) is 0 Å². The molecule has 0 atom stereocenters. The number of hydrogen-bond donors (Lipinski definition) is 0. The summed E-state index contributed by atoms with van der Waals surface area (Å²) in [6.07, 6.45) is 0. The lowest BCUT2D eigenvalue weighted by Gasteiger charge is -2.39. The van der Waals surface area contributed by atoms with E-state index in [1.54, 1.807) is 0 Å². The Morgan fingerprint density at radius 1 is 0.360 bits per heavy atom. The third-order valence-corrected chi connectivity index (χ3v) is 17.0. The molecule has 0 fully saturated rings. The zero-order chi connectivity index (χ0) is 35.5. The maximum atomic E-state index is 7.57. The molecule has 0 unspecified atom stereocenters. The topological polar surface area (TPSA) is 9.23 Å². The van der Waals surface area contributed by atoms with Crippen LogP contribution in [0.5, 0.6) is 11.5 Å². The van der Waals surface area contributed by atoms with Crippen molar-refractivity contribution in [1.82, 2.24) is 0 Å². The van der Waals surface area contributed by atoms with Gasteiger partial charge in [0.05, 0.1) is 0 Å². The van der Waals surface area contributed by atoms with Crippen molar-refractivity contribution in [3.05, 3.63) is 165 Å². The second kappa shape index (κ2) is 13.3. The number of rotatable bonds is 6. The third kappa shape index (κ3) is 5.64. The molecule has 0 radical (unpaired) electrons. The first-order valence-electron chi connectivity index (χ1n) is 17.7. The van der Waals surface area contributed by atoms with Gasteiger partial charge in [-0.15, -0.1) is 0 Å². The van der Waals surface area contributed by atoms with Crippen LogP contribution in [0.1, 0.15) is 69.5 Å². The Hall–Kier alpha value is -4.02. The minimum atomic E-state index is -0.928. The molecule has 6 aromatic rings. The summed E-state index contributed by atoms with van der Waals surface area (Å²) in [4.78, 5) is 0. The molecule has 7 rings (SSSR count). The lowest BCUT2D eigenvalue weighted by Crippen LogP contribution is -2.35. The van der Waals surface area contributed by atoms with Crippen LogP contribution in [0.15, 0.2) is 109 Å². The Kier molecular flexibility index (Phi) is 9.14. The molecule has 0 aliphatic carbocycles. The predicted octanol–water partition coefficient (Wildman–Crippen LogP) is 10.1. The van der Waals surface area contributed by atoms with Crippen LogP contribution in [-0.4, -0.2) is 0 Å². The van der Waals surface area contributed by atoms with Crippen molar-refractivity contribution >= 4 is 47.7 Å². The van der Waals surface area contributed by atoms with E-state index in [0.717, 1.165) is 11.5 Å². The molecular weight excluding hydrogens is 642 g/mol. The van der Waals surface area contributed by atoms with Gasteiger partial charge in [-0.2, -0.15) is 0 Å². The van der Waals surface area contributed by atoms with E-state index >= 15 is 0 Å². The highest BCUT2D eigenvalue weighted by atomic mass is 31.1. The molecule has 1 nitrogen and oxygen atoms in total. The van der Waals surface area contributed by atoms with Gasteiger partial charge in [0.15, 0.2) is 0 Å².